The van der Waals surface area contributed by atoms with Crippen LogP contribution >= 0.6 is 0 Å². The Morgan fingerprint density at radius 2 is 2.29 bits per heavy atom. The molecule has 0 unspecified atom stereocenters. The van der Waals surface area contributed by atoms with E-state index in [4.69, 9.17) is 0 Å². The minimum atomic E-state index is -0.163. The van der Waals surface area contributed by atoms with Crippen LogP contribution in [0.25, 0.3) is 0 Å². The van der Waals surface area contributed by atoms with Crippen LogP contribution in [0.3, 0.4) is 0 Å². The summed E-state index contributed by atoms with van der Waals surface area (Å²) in [6.45, 7) is 3.95. The maximum Gasteiger partial charge on any atom is 0.127 e. The van der Waals surface area contributed by atoms with E-state index >= 15 is 0 Å². The average molecular weight is 234 g/mol. The van der Waals surface area contributed by atoms with Gasteiger partial charge in [-0.25, -0.2) is 4.39 Å². The Labute approximate surface area is 99.5 Å². The molecule has 1 aromatic carbocycles. The van der Waals surface area contributed by atoms with Crippen LogP contribution in [0.5, 0.6) is 0 Å². The summed E-state index contributed by atoms with van der Waals surface area (Å²) in [5.41, 5.74) is 1.77. The number of halogens is 1. The summed E-state index contributed by atoms with van der Waals surface area (Å²) < 4.78 is 15.1. The highest BCUT2D eigenvalue weighted by Gasteiger charge is 2.01. The van der Waals surface area contributed by atoms with Crippen molar-refractivity contribution in [1.82, 2.24) is 20.3 Å². The molecule has 0 aliphatic carbocycles. The number of benzene rings is 1. The third kappa shape index (κ3) is 3.35. The van der Waals surface area contributed by atoms with Gasteiger partial charge in [0.2, 0.25) is 0 Å². The van der Waals surface area contributed by atoms with Crippen molar-refractivity contribution in [3.63, 3.8) is 0 Å². The molecule has 1 N–H and O–H groups in total. The number of aromatic nitrogens is 3. The van der Waals surface area contributed by atoms with Gasteiger partial charge in [0.05, 0.1) is 12.7 Å². The smallest absolute Gasteiger partial charge is 0.127 e. The van der Waals surface area contributed by atoms with Crippen molar-refractivity contribution < 1.29 is 4.39 Å². The molecular formula is C12H15FN4. The zero-order chi connectivity index (χ0) is 12.1. The van der Waals surface area contributed by atoms with Crippen molar-refractivity contribution >= 4 is 0 Å². The fourth-order valence-electron chi connectivity index (χ4n) is 1.61. The lowest BCUT2D eigenvalue weighted by molar-refractivity contribution is 0.529. The minimum Gasteiger partial charge on any atom is -0.311 e. The zero-order valence-corrected chi connectivity index (χ0v) is 9.73. The Morgan fingerprint density at radius 1 is 1.41 bits per heavy atom. The normalized spacial score (nSPS) is 10.7. The fourth-order valence-corrected chi connectivity index (χ4v) is 1.61. The topological polar surface area (TPSA) is 42.7 Å². The summed E-state index contributed by atoms with van der Waals surface area (Å²) in [6.07, 6.45) is 3.44. The summed E-state index contributed by atoms with van der Waals surface area (Å²) in [6, 6.07) is 5.13. The maximum absolute atomic E-state index is 13.4. The van der Waals surface area contributed by atoms with Gasteiger partial charge in [-0.15, -0.1) is 5.10 Å². The molecule has 0 atom stereocenters. The fraction of sp³-hybridized carbons (Fsp3) is 0.333. The molecule has 17 heavy (non-hydrogen) atoms. The van der Waals surface area contributed by atoms with Gasteiger partial charge in [0.25, 0.3) is 0 Å². The molecular weight excluding hydrogens is 219 g/mol. The van der Waals surface area contributed by atoms with E-state index in [1.807, 2.05) is 13.0 Å². The van der Waals surface area contributed by atoms with Crippen molar-refractivity contribution in [3.8, 4) is 0 Å². The van der Waals surface area contributed by atoms with Crippen LogP contribution in [-0.4, -0.2) is 21.5 Å². The SMILES string of the molecule is Cc1ccc(F)c(CNCCn2ccnn2)c1. The van der Waals surface area contributed by atoms with Gasteiger partial charge in [0.1, 0.15) is 5.82 Å². The second-order valence-corrected chi connectivity index (χ2v) is 3.94. The van der Waals surface area contributed by atoms with Crippen molar-refractivity contribution in [2.24, 2.45) is 0 Å². The Morgan fingerprint density at radius 3 is 3.06 bits per heavy atom. The first-order valence-electron chi connectivity index (χ1n) is 5.55. The van der Waals surface area contributed by atoms with Gasteiger partial charge >= 0.3 is 0 Å². The second-order valence-electron chi connectivity index (χ2n) is 3.94. The molecule has 0 aliphatic heterocycles. The van der Waals surface area contributed by atoms with Crippen LogP contribution in [0.15, 0.2) is 30.6 Å². The van der Waals surface area contributed by atoms with E-state index in [2.05, 4.69) is 15.6 Å². The summed E-state index contributed by atoms with van der Waals surface area (Å²) >= 11 is 0. The number of rotatable bonds is 5. The summed E-state index contributed by atoms with van der Waals surface area (Å²) in [5, 5.41) is 10.7. The first kappa shape index (κ1) is 11.7. The van der Waals surface area contributed by atoms with E-state index in [1.165, 1.54) is 6.07 Å². The van der Waals surface area contributed by atoms with Crippen molar-refractivity contribution in [3.05, 3.63) is 47.5 Å². The van der Waals surface area contributed by atoms with Crippen LogP contribution in [0.4, 0.5) is 4.39 Å². The van der Waals surface area contributed by atoms with Crippen molar-refractivity contribution in [1.29, 1.82) is 0 Å². The standard InChI is InChI=1S/C12H15FN4/c1-10-2-3-12(13)11(8-10)9-14-4-6-17-7-5-15-16-17/h2-3,5,7-8,14H,4,6,9H2,1H3. The predicted molar refractivity (Wildman–Crippen MR) is 62.9 cm³/mol. The molecule has 1 aromatic heterocycles. The monoisotopic (exact) mass is 234 g/mol. The molecule has 0 amide bonds. The van der Waals surface area contributed by atoms with E-state index in [1.54, 1.807) is 23.1 Å². The Balaban J connectivity index is 1.80. The largest absolute Gasteiger partial charge is 0.311 e. The van der Waals surface area contributed by atoms with Crippen molar-refractivity contribution in [2.75, 3.05) is 6.54 Å². The highest BCUT2D eigenvalue weighted by molar-refractivity contribution is 5.23. The number of hydrogen-bond donors (Lipinski definition) is 1. The van der Waals surface area contributed by atoms with Crippen molar-refractivity contribution in [2.45, 2.75) is 20.0 Å². The molecule has 0 radical (unpaired) electrons. The lowest BCUT2D eigenvalue weighted by Gasteiger charge is -2.06. The van der Waals surface area contributed by atoms with Gasteiger partial charge in [-0.1, -0.05) is 22.9 Å². The van der Waals surface area contributed by atoms with Gasteiger partial charge in [-0.2, -0.15) is 0 Å². The Hall–Kier alpha value is -1.75. The highest BCUT2D eigenvalue weighted by atomic mass is 19.1. The van der Waals surface area contributed by atoms with Crippen LogP contribution < -0.4 is 5.32 Å². The van der Waals surface area contributed by atoms with Gasteiger partial charge in [-0.05, 0) is 13.0 Å². The molecule has 2 aromatic rings. The molecule has 0 bridgehead atoms. The molecule has 90 valence electrons. The molecule has 0 spiro atoms. The van der Waals surface area contributed by atoms with E-state index < -0.39 is 0 Å². The summed E-state index contributed by atoms with van der Waals surface area (Å²) in [7, 11) is 0. The van der Waals surface area contributed by atoms with E-state index in [9.17, 15) is 4.39 Å². The zero-order valence-electron chi connectivity index (χ0n) is 9.73. The first-order valence-corrected chi connectivity index (χ1v) is 5.55. The second kappa shape index (κ2) is 5.54. The molecule has 2 rings (SSSR count). The maximum atomic E-state index is 13.4. The van der Waals surface area contributed by atoms with Crippen LogP contribution in [0, 0.1) is 12.7 Å². The van der Waals surface area contributed by atoms with Crippen LogP contribution in [-0.2, 0) is 13.1 Å². The lowest BCUT2D eigenvalue weighted by Crippen LogP contribution is -2.20. The molecule has 5 heteroatoms. The third-order valence-electron chi connectivity index (χ3n) is 2.51. The van der Waals surface area contributed by atoms with Crippen LogP contribution in [0.2, 0.25) is 0 Å². The van der Waals surface area contributed by atoms with E-state index in [0.717, 1.165) is 18.7 Å². The van der Waals surface area contributed by atoms with E-state index in [0.29, 0.717) is 12.1 Å². The molecule has 0 fully saturated rings. The highest BCUT2D eigenvalue weighted by Crippen LogP contribution is 2.09. The number of aryl methyl sites for hydroxylation is 1. The number of hydrogen-bond acceptors (Lipinski definition) is 3. The van der Waals surface area contributed by atoms with Gasteiger partial charge < -0.3 is 5.32 Å². The Kier molecular flexibility index (Phi) is 3.82. The quantitative estimate of drug-likeness (QED) is 0.797. The molecule has 0 aliphatic rings. The summed E-state index contributed by atoms with van der Waals surface area (Å²) in [5.74, 6) is -0.163. The third-order valence-corrected chi connectivity index (χ3v) is 2.51. The molecule has 0 saturated heterocycles. The first-order chi connectivity index (χ1) is 8.25. The lowest BCUT2D eigenvalue weighted by atomic mass is 10.1. The van der Waals surface area contributed by atoms with Crippen LogP contribution in [0.1, 0.15) is 11.1 Å². The molecule has 1 heterocycles. The van der Waals surface area contributed by atoms with Gasteiger partial charge in [-0.3, -0.25) is 4.68 Å². The predicted octanol–water partition coefficient (Wildman–Crippen LogP) is 1.52. The van der Waals surface area contributed by atoms with Gasteiger partial charge in [0, 0.05) is 24.8 Å². The minimum absolute atomic E-state index is 0.163. The average Bonchev–Trinajstić information content (AvgIpc) is 2.82. The Bertz CT molecular complexity index is 467. The van der Waals surface area contributed by atoms with E-state index in [-0.39, 0.29) is 5.82 Å². The molecule has 0 saturated carbocycles. The number of nitrogens with one attached hydrogen (secondary N) is 1. The number of nitrogens with zero attached hydrogens (tertiary/aromatic N) is 3. The molecule has 4 nitrogen and oxygen atoms in total. The van der Waals surface area contributed by atoms with Gasteiger partial charge in [0.15, 0.2) is 0 Å². The summed E-state index contributed by atoms with van der Waals surface area (Å²) in [4.78, 5) is 0.